The second kappa shape index (κ2) is 7.87. The van der Waals surface area contributed by atoms with Crippen LogP contribution in [0.15, 0.2) is 18.2 Å². The van der Waals surface area contributed by atoms with Gasteiger partial charge in [-0.1, -0.05) is 6.07 Å². The Morgan fingerprint density at radius 1 is 1.30 bits per heavy atom. The van der Waals surface area contributed by atoms with Gasteiger partial charge in [0.2, 0.25) is 0 Å². The van der Waals surface area contributed by atoms with Crippen LogP contribution in [0.25, 0.3) is 0 Å². The van der Waals surface area contributed by atoms with Gasteiger partial charge >= 0.3 is 6.09 Å². The molecule has 2 aliphatic rings. The summed E-state index contributed by atoms with van der Waals surface area (Å²) in [4.78, 5) is 24.8. The summed E-state index contributed by atoms with van der Waals surface area (Å²) >= 11 is 0. The Labute approximate surface area is 158 Å². The van der Waals surface area contributed by atoms with Crippen LogP contribution in [0.4, 0.5) is 10.5 Å². The molecule has 1 amide bonds. The first-order chi connectivity index (χ1) is 12.9. The minimum atomic E-state index is -1.24. The molecule has 1 aliphatic heterocycles. The zero-order chi connectivity index (χ0) is 19.6. The monoisotopic (exact) mass is 370 g/mol. The number of aliphatic carboxylic acids is 1. The number of likely N-dealkylation sites (tertiary alicyclic amines) is 1. The van der Waals surface area contributed by atoms with Crippen LogP contribution in [0.1, 0.15) is 36.8 Å². The molecule has 1 aliphatic carbocycles. The Morgan fingerprint density at radius 3 is 2.74 bits per heavy atom. The molecule has 1 saturated heterocycles. The van der Waals surface area contributed by atoms with E-state index in [4.69, 9.17) is 4.74 Å². The lowest BCUT2D eigenvalue weighted by atomic mass is 9.71. The summed E-state index contributed by atoms with van der Waals surface area (Å²) in [5, 5.41) is 24.3. The third-order valence-electron chi connectivity index (χ3n) is 5.81. The van der Waals surface area contributed by atoms with E-state index in [2.05, 4.69) is 11.4 Å². The van der Waals surface area contributed by atoms with Gasteiger partial charge in [0.25, 0.3) is 0 Å². The quantitative estimate of drug-likeness (QED) is 0.867. The van der Waals surface area contributed by atoms with Gasteiger partial charge in [0.05, 0.1) is 30.4 Å². The minimum Gasteiger partial charge on any atom is -0.548 e. The molecule has 1 aromatic rings. The van der Waals surface area contributed by atoms with E-state index >= 15 is 0 Å². The molecule has 4 unspecified atom stereocenters. The van der Waals surface area contributed by atoms with Gasteiger partial charge in [-0.15, -0.1) is 0 Å². The van der Waals surface area contributed by atoms with Crippen molar-refractivity contribution in [3.63, 3.8) is 0 Å². The Morgan fingerprint density at radius 2 is 2.07 bits per heavy atom. The fraction of sp³-hybridized carbons (Fsp3) is 0.550. The van der Waals surface area contributed by atoms with Crippen LogP contribution >= 0.6 is 0 Å². The first-order valence-corrected chi connectivity index (χ1v) is 9.25. The van der Waals surface area contributed by atoms with Crippen LogP contribution in [0.5, 0.6) is 0 Å². The number of nitrogens with zero attached hydrogens (tertiary/aromatic N) is 2. The van der Waals surface area contributed by atoms with Gasteiger partial charge in [0, 0.05) is 12.6 Å². The number of fused-ring (bicyclic) bond motifs is 1. The number of benzene rings is 1. The van der Waals surface area contributed by atoms with Gasteiger partial charge in [0.1, 0.15) is 6.07 Å². The first kappa shape index (κ1) is 19.0. The predicted octanol–water partition coefficient (Wildman–Crippen LogP) is 1.65. The molecule has 7 heteroatoms. The Hall–Kier alpha value is -2.75. The second-order valence-corrected chi connectivity index (χ2v) is 7.53. The number of anilines is 1. The number of carboxylic acids is 1. The van der Waals surface area contributed by atoms with Crippen LogP contribution in [-0.4, -0.2) is 42.7 Å². The largest absolute Gasteiger partial charge is 0.548 e. The van der Waals surface area contributed by atoms with Crippen LogP contribution in [0, 0.1) is 30.1 Å². The van der Waals surface area contributed by atoms with Crippen molar-refractivity contribution < 1.29 is 19.4 Å². The van der Waals surface area contributed by atoms with E-state index in [0.29, 0.717) is 18.5 Å². The highest BCUT2D eigenvalue weighted by Crippen LogP contribution is 2.40. The second-order valence-electron chi connectivity index (χ2n) is 7.53. The maximum Gasteiger partial charge on any atom is 0.410 e. The lowest BCUT2D eigenvalue weighted by Gasteiger charge is -2.47. The van der Waals surface area contributed by atoms with Crippen molar-refractivity contribution in [1.82, 2.24) is 4.90 Å². The molecule has 0 spiro atoms. The molecule has 3 rings (SSSR count). The third-order valence-corrected chi connectivity index (χ3v) is 5.81. The lowest BCUT2D eigenvalue weighted by Crippen LogP contribution is -2.58. The van der Waals surface area contributed by atoms with Crippen molar-refractivity contribution in [2.75, 3.05) is 19.0 Å². The van der Waals surface area contributed by atoms with Crippen LogP contribution in [0.2, 0.25) is 0 Å². The fourth-order valence-electron chi connectivity index (χ4n) is 4.42. The van der Waals surface area contributed by atoms with Crippen molar-refractivity contribution in [1.29, 1.82) is 5.26 Å². The molecule has 0 radical (unpaired) electrons. The number of aryl methyl sites for hydroxylation is 1. The summed E-state index contributed by atoms with van der Waals surface area (Å²) in [6.45, 7) is 2.37. The molecule has 27 heavy (non-hydrogen) atoms. The topological polar surface area (TPSA) is 105 Å². The van der Waals surface area contributed by atoms with Gasteiger partial charge in [-0.3, -0.25) is 4.90 Å². The van der Waals surface area contributed by atoms with Crippen molar-refractivity contribution in [3.05, 3.63) is 29.3 Å². The van der Waals surface area contributed by atoms with E-state index in [1.807, 2.05) is 25.1 Å². The maximum absolute atomic E-state index is 11.9. The summed E-state index contributed by atoms with van der Waals surface area (Å²) in [5.74, 6) is -0.791. The Bertz CT molecular complexity index is 773. The van der Waals surface area contributed by atoms with E-state index in [9.17, 15) is 20.0 Å². The highest BCUT2D eigenvalue weighted by molar-refractivity contribution is 5.79. The molecular weight excluding hydrogens is 346 g/mol. The van der Waals surface area contributed by atoms with Gasteiger partial charge in [-0.05, 0) is 62.1 Å². The third kappa shape index (κ3) is 4.00. The van der Waals surface area contributed by atoms with Crippen LogP contribution in [0.3, 0.4) is 0 Å². The molecule has 4 atom stereocenters. The molecule has 7 nitrogen and oxygen atoms in total. The highest BCUT2D eigenvalue weighted by atomic mass is 16.5. The molecule has 2 fully saturated rings. The summed E-state index contributed by atoms with van der Waals surface area (Å²) in [6, 6.07) is 7.12. The van der Waals surface area contributed by atoms with E-state index in [1.165, 1.54) is 12.0 Å². The predicted molar refractivity (Wildman–Crippen MR) is 96.7 cm³/mol. The van der Waals surface area contributed by atoms with Crippen molar-refractivity contribution in [2.45, 2.75) is 44.7 Å². The number of piperidine rings is 1. The molecule has 144 valence electrons. The van der Waals surface area contributed by atoms with Crippen molar-refractivity contribution >= 4 is 17.7 Å². The van der Waals surface area contributed by atoms with E-state index in [0.717, 1.165) is 30.5 Å². The maximum atomic E-state index is 11.9. The zero-order valence-electron chi connectivity index (χ0n) is 15.6. The SMILES string of the molecule is COC(=O)N1CC2CCC(Nc3cc(C)ccc3C#N)CC2CC1C(=O)[O-]. The highest BCUT2D eigenvalue weighted by Gasteiger charge is 2.41. The number of carbonyl (C=O) groups excluding carboxylic acids is 2. The number of hydrogen-bond acceptors (Lipinski definition) is 6. The van der Waals surface area contributed by atoms with Crippen molar-refractivity contribution in [3.8, 4) is 6.07 Å². The molecule has 0 aromatic heterocycles. The number of nitriles is 1. The average Bonchev–Trinajstić information content (AvgIpc) is 2.66. The van der Waals surface area contributed by atoms with E-state index in [-0.39, 0.29) is 17.9 Å². The fourth-order valence-corrected chi connectivity index (χ4v) is 4.42. The zero-order valence-corrected chi connectivity index (χ0v) is 15.6. The number of carbonyl (C=O) groups is 2. The summed E-state index contributed by atoms with van der Waals surface area (Å²) in [7, 11) is 1.26. The molecule has 1 heterocycles. The van der Waals surface area contributed by atoms with E-state index < -0.39 is 18.1 Å². The first-order valence-electron chi connectivity index (χ1n) is 9.25. The number of carboxylic acid groups (broad SMARTS) is 1. The number of rotatable bonds is 3. The van der Waals surface area contributed by atoms with Gasteiger partial charge < -0.3 is 20.0 Å². The Balaban J connectivity index is 1.71. The normalized spacial score (nSPS) is 27.2. The van der Waals surface area contributed by atoms with Gasteiger partial charge in [0.15, 0.2) is 0 Å². The average molecular weight is 370 g/mol. The molecule has 0 bridgehead atoms. The number of hydrogen-bond donors (Lipinski definition) is 1. The number of amides is 1. The van der Waals surface area contributed by atoms with Crippen LogP contribution < -0.4 is 10.4 Å². The van der Waals surface area contributed by atoms with E-state index in [1.54, 1.807) is 0 Å². The summed E-state index contributed by atoms with van der Waals surface area (Å²) < 4.78 is 4.74. The molecule has 1 N–H and O–H groups in total. The minimum absolute atomic E-state index is 0.173. The number of nitrogens with one attached hydrogen (secondary N) is 1. The summed E-state index contributed by atoms with van der Waals surface area (Å²) in [5.41, 5.74) is 2.51. The molecule has 1 aromatic carbocycles. The summed E-state index contributed by atoms with van der Waals surface area (Å²) in [6.07, 6.45) is 2.37. The molecule has 1 saturated carbocycles. The Kier molecular flexibility index (Phi) is 5.54. The lowest BCUT2D eigenvalue weighted by molar-refractivity contribution is -0.312. The van der Waals surface area contributed by atoms with Crippen LogP contribution in [-0.2, 0) is 9.53 Å². The van der Waals surface area contributed by atoms with Gasteiger partial charge in [-0.2, -0.15) is 5.26 Å². The van der Waals surface area contributed by atoms with Gasteiger partial charge in [-0.25, -0.2) is 4.79 Å². The smallest absolute Gasteiger partial charge is 0.410 e. The van der Waals surface area contributed by atoms with Crippen molar-refractivity contribution in [2.24, 2.45) is 11.8 Å². The molecular formula is C20H24N3O4-. The standard InChI is InChI=1S/C20H25N3O4/c1-12-3-4-13(10-21)17(7-12)22-16-6-5-14-11-23(20(26)27-2)18(19(24)25)9-15(14)8-16/h3-4,7,14-16,18,22H,5-6,8-9,11H2,1-2H3,(H,24,25)/p-1. The number of ether oxygens (including phenoxy) is 1. The number of methoxy groups -OCH3 is 1.